The SMILES string of the molecule is C=C/C(C)=C(/F)C=C.CN=N/C(=C(\C)c1ccccn1)c1nc(-c2cc(F)ccc2F)no1. The third kappa shape index (κ3) is 6.67. The van der Waals surface area contributed by atoms with Gasteiger partial charge in [0.15, 0.2) is 5.70 Å². The van der Waals surface area contributed by atoms with Crippen LogP contribution in [0, 0.1) is 11.6 Å². The van der Waals surface area contributed by atoms with Crippen LogP contribution < -0.4 is 0 Å². The predicted octanol–water partition coefficient (Wildman–Crippen LogP) is 6.98. The van der Waals surface area contributed by atoms with E-state index in [-0.39, 0.29) is 23.1 Å². The zero-order valence-corrected chi connectivity index (χ0v) is 18.4. The maximum Gasteiger partial charge on any atom is 0.279 e. The van der Waals surface area contributed by atoms with E-state index >= 15 is 0 Å². The van der Waals surface area contributed by atoms with Gasteiger partial charge in [0.2, 0.25) is 5.82 Å². The molecule has 0 unspecified atom stereocenters. The Kier molecular flexibility index (Phi) is 9.17. The second-order valence-electron chi connectivity index (χ2n) is 6.48. The molecule has 2 heterocycles. The molecule has 2 aromatic heterocycles. The number of hydrogen-bond donors (Lipinski definition) is 0. The Labute approximate surface area is 189 Å². The summed E-state index contributed by atoms with van der Waals surface area (Å²) >= 11 is 0. The van der Waals surface area contributed by atoms with Crippen LogP contribution in [0.4, 0.5) is 13.2 Å². The summed E-state index contributed by atoms with van der Waals surface area (Å²) in [5, 5.41) is 11.5. The van der Waals surface area contributed by atoms with Crippen molar-refractivity contribution in [2.24, 2.45) is 10.2 Å². The minimum Gasteiger partial charge on any atom is -0.332 e. The lowest BCUT2D eigenvalue weighted by Crippen LogP contribution is -1.92. The molecule has 0 aliphatic carbocycles. The molecule has 3 rings (SSSR count). The van der Waals surface area contributed by atoms with Crippen molar-refractivity contribution in [3.8, 4) is 11.4 Å². The highest BCUT2D eigenvalue weighted by molar-refractivity contribution is 5.85. The van der Waals surface area contributed by atoms with E-state index in [0.29, 0.717) is 22.5 Å². The van der Waals surface area contributed by atoms with Crippen LogP contribution in [0.3, 0.4) is 0 Å². The second-order valence-corrected chi connectivity index (χ2v) is 6.48. The van der Waals surface area contributed by atoms with Gasteiger partial charge in [-0.1, -0.05) is 30.5 Å². The molecule has 0 aliphatic rings. The van der Waals surface area contributed by atoms with Crippen LogP contribution in [0.15, 0.2) is 94.1 Å². The summed E-state index contributed by atoms with van der Waals surface area (Å²) in [5.74, 6) is -1.61. The van der Waals surface area contributed by atoms with Crippen LogP contribution in [-0.4, -0.2) is 22.2 Å². The highest BCUT2D eigenvalue weighted by Crippen LogP contribution is 2.28. The Morgan fingerprint density at radius 3 is 2.42 bits per heavy atom. The molecule has 0 atom stereocenters. The van der Waals surface area contributed by atoms with Crippen LogP contribution in [0.2, 0.25) is 0 Å². The lowest BCUT2D eigenvalue weighted by Gasteiger charge is -2.02. The number of aromatic nitrogens is 3. The van der Waals surface area contributed by atoms with Crippen molar-refractivity contribution in [1.82, 2.24) is 15.1 Å². The Morgan fingerprint density at radius 1 is 1.09 bits per heavy atom. The fourth-order valence-corrected chi connectivity index (χ4v) is 2.44. The standard InChI is InChI=1S/C17H13F2N5O.C7H9F/c1-10(14-5-3-4-8-21-14)15(23-20-2)17-22-16(24-25-17)12-9-11(18)6-7-13(12)19;1-4-6(3)7(8)5-2/h3-9H,1-2H3;4-5H,1-2H2,3H3/b15-10+,23-20?;7-6+. The monoisotopic (exact) mass is 453 g/mol. The van der Waals surface area contributed by atoms with Gasteiger partial charge < -0.3 is 4.52 Å². The molecule has 170 valence electrons. The highest BCUT2D eigenvalue weighted by Gasteiger charge is 2.19. The Balaban J connectivity index is 0.000000414. The summed E-state index contributed by atoms with van der Waals surface area (Å²) in [7, 11) is 1.50. The number of benzene rings is 1. The van der Waals surface area contributed by atoms with E-state index in [1.807, 2.05) is 6.07 Å². The molecule has 0 aliphatic heterocycles. The van der Waals surface area contributed by atoms with E-state index in [4.69, 9.17) is 4.52 Å². The maximum absolute atomic E-state index is 13.9. The molecule has 33 heavy (non-hydrogen) atoms. The van der Waals surface area contributed by atoms with Gasteiger partial charge in [-0.05, 0) is 55.8 Å². The Bertz CT molecular complexity index is 1200. The largest absolute Gasteiger partial charge is 0.332 e. The Morgan fingerprint density at radius 2 is 1.85 bits per heavy atom. The normalized spacial score (nSPS) is 12.4. The number of azo groups is 1. The van der Waals surface area contributed by atoms with E-state index in [1.165, 1.54) is 13.1 Å². The first kappa shape index (κ1) is 25.1. The summed E-state index contributed by atoms with van der Waals surface area (Å²) in [4.78, 5) is 8.36. The van der Waals surface area contributed by atoms with Crippen molar-refractivity contribution in [3.05, 3.63) is 103 Å². The van der Waals surface area contributed by atoms with E-state index in [1.54, 1.807) is 32.2 Å². The first-order valence-electron chi connectivity index (χ1n) is 9.65. The van der Waals surface area contributed by atoms with Crippen LogP contribution in [0.1, 0.15) is 25.4 Å². The van der Waals surface area contributed by atoms with Gasteiger partial charge in [-0.25, -0.2) is 13.2 Å². The van der Waals surface area contributed by atoms with Gasteiger partial charge in [-0.2, -0.15) is 15.2 Å². The third-order valence-electron chi connectivity index (χ3n) is 4.26. The third-order valence-corrected chi connectivity index (χ3v) is 4.26. The quantitative estimate of drug-likeness (QED) is 0.298. The lowest BCUT2D eigenvalue weighted by molar-refractivity contribution is 0.407. The van der Waals surface area contributed by atoms with Crippen LogP contribution >= 0.6 is 0 Å². The van der Waals surface area contributed by atoms with E-state index in [0.717, 1.165) is 24.3 Å². The molecular formula is C24H22F3N5O. The first-order chi connectivity index (χ1) is 15.8. The zero-order valence-electron chi connectivity index (χ0n) is 18.4. The second kappa shape index (κ2) is 12.0. The molecule has 0 fully saturated rings. The molecule has 0 amide bonds. The number of hydrogen-bond acceptors (Lipinski definition) is 6. The minimum absolute atomic E-state index is 0.0346. The summed E-state index contributed by atoms with van der Waals surface area (Å²) in [6.45, 7) is 10.1. The van der Waals surface area contributed by atoms with Crippen LogP contribution in [0.5, 0.6) is 0 Å². The van der Waals surface area contributed by atoms with E-state index in [9.17, 15) is 13.2 Å². The van der Waals surface area contributed by atoms with Crippen molar-refractivity contribution < 1.29 is 17.7 Å². The van der Waals surface area contributed by atoms with Crippen LogP contribution in [0.25, 0.3) is 22.7 Å². The van der Waals surface area contributed by atoms with Crippen molar-refractivity contribution in [2.75, 3.05) is 7.05 Å². The highest BCUT2D eigenvalue weighted by atomic mass is 19.1. The maximum atomic E-state index is 13.9. The topological polar surface area (TPSA) is 76.5 Å². The van der Waals surface area contributed by atoms with Crippen molar-refractivity contribution in [3.63, 3.8) is 0 Å². The summed E-state index contributed by atoms with van der Waals surface area (Å²) in [5.41, 5.74) is 2.04. The minimum atomic E-state index is -0.655. The summed E-state index contributed by atoms with van der Waals surface area (Å²) < 4.78 is 44.6. The first-order valence-corrected chi connectivity index (χ1v) is 9.65. The van der Waals surface area contributed by atoms with Gasteiger partial charge in [-0.3, -0.25) is 4.98 Å². The molecule has 9 heteroatoms. The Hall–Kier alpha value is -4.14. The summed E-state index contributed by atoms with van der Waals surface area (Å²) in [6.07, 6.45) is 4.26. The number of pyridine rings is 1. The molecule has 1 aromatic carbocycles. The van der Waals surface area contributed by atoms with E-state index in [2.05, 4.69) is 38.5 Å². The number of rotatable bonds is 6. The number of nitrogens with zero attached hydrogens (tertiary/aromatic N) is 5. The zero-order chi connectivity index (χ0) is 24.4. The smallest absolute Gasteiger partial charge is 0.279 e. The molecule has 0 radical (unpaired) electrons. The number of allylic oxidation sites excluding steroid dienone is 5. The molecule has 0 bridgehead atoms. The molecule has 0 saturated carbocycles. The van der Waals surface area contributed by atoms with Gasteiger partial charge in [0.1, 0.15) is 17.5 Å². The van der Waals surface area contributed by atoms with Crippen LogP contribution in [-0.2, 0) is 0 Å². The molecule has 0 N–H and O–H groups in total. The van der Waals surface area contributed by atoms with E-state index < -0.39 is 11.6 Å². The molecule has 0 spiro atoms. The van der Waals surface area contributed by atoms with Crippen molar-refractivity contribution in [2.45, 2.75) is 13.8 Å². The lowest BCUT2D eigenvalue weighted by atomic mass is 10.1. The molecular weight excluding hydrogens is 431 g/mol. The van der Waals surface area contributed by atoms with Crippen molar-refractivity contribution in [1.29, 1.82) is 0 Å². The molecule has 6 nitrogen and oxygen atoms in total. The molecule has 3 aromatic rings. The predicted molar refractivity (Wildman–Crippen MR) is 121 cm³/mol. The van der Waals surface area contributed by atoms with Crippen molar-refractivity contribution >= 4 is 11.3 Å². The number of halogens is 3. The average Bonchev–Trinajstić information content (AvgIpc) is 3.33. The fourth-order valence-electron chi connectivity index (χ4n) is 2.44. The average molecular weight is 453 g/mol. The fraction of sp³-hybridized carbons (Fsp3) is 0.125. The van der Waals surface area contributed by atoms with Gasteiger partial charge in [0.05, 0.1) is 11.3 Å². The van der Waals surface area contributed by atoms with Gasteiger partial charge in [0, 0.05) is 18.8 Å². The summed E-state index contributed by atoms with van der Waals surface area (Å²) in [6, 6.07) is 8.43. The van der Waals surface area contributed by atoms with Gasteiger partial charge >= 0.3 is 0 Å². The van der Waals surface area contributed by atoms with Gasteiger partial charge in [-0.15, -0.1) is 0 Å². The molecule has 0 saturated heterocycles. The van der Waals surface area contributed by atoms with Gasteiger partial charge in [0.25, 0.3) is 5.89 Å².